The fraction of sp³-hybridized carbons (Fsp3) is 1.00. The van der Waals surface area contributed by atoms with E-state index in [4.69, 9.17) is 4.74 Å². The van der Waals surface area contributed by atoms with Gasteiger partial charge in [0.2, 0.25) is 0 Å². The Bertz CT molecular complexity index is 343. The molecule has 0 bridgehead atoms. The lowest BCUT2D eigenvalue weighted by molar-refractivity contribution is -0.0808. The number of piperidine rings is 1. The van der Waals surface area contributed by atoms with Crippen molar-refractivity contribution in [3.63, 3.8) is 0 Å². The number of likely N-dealkylation sites (tertiary alicyclic amines) is 1. The lowest BCUT2D eigenvalue weighted by atomic mass is 9.81. The SMILES string of the molecule is CNC1C(CN2CCC(O)C(C)C2)C(C)(C)OC1(C)C. The van der Waals surface area contributed by atoms with E-state index in [1.165, 1.54) is 0 Å². The van der Waals surface area contributed by atoms with E-state index < -0.39 is 0 Å². The van der Waals surface area contributed by atoms with Crippen LogP contribution in [0.1, 0.15) is 41.0 Å². The quantitative estimate of drug-likeness (QED) is 0.824. The molecule has 0 amide bonds. The largest absolute Gasteiger partial charge is 0.393 e. The molecule has 0 spiro atoms. The first-order chi connectivity index (χ1) is 9.17. The molecule has 0 saturated carbocycles. The van der Waals surface area contributed by atoms with Gasteiger partial charge in [0, 0.05) is 31.6 Å². The van der Waals surface area contributed by atoms with Crippen LogP contribution in [0.15, 0.2) is 0 Å². The summed E-state index contributed by atoms with van der Waals surface area (Å²) in [6.45, 7) is 13.9. The highest BCUT2D eigenvalue weighted by molar-refractivity contribution is 5.06. The molecule has 0 aromatic heterocycles. The van der Waals surface area contributed by atoms with Crippen LogP contribution in [0.5, 0.6) is 0 Å². The van der Waals surface area contributed by atoms with Crippen molar-refractivity contribution in [1.29, 1.82) is 0 Å². The van der Waals surface area contributed by atoms with Gasteiger partial charge in [-0.2, -0.15) is 0 Å². The summed E-state index contributed by atoms with van der Waals surface area (Å²) >= 11 is 0. The van der Waals surface area contributed by atoms with Crippen LogP contribution in [0.3, 0.4) is 0 Å². The Morgan fingerprint density at radius 2 is 1.90 bits per heavy atom. The fourth-order valence-corrected chi connectivity index (χ4v) is 4.24. The topological polar surface area (TPSA) is 44.7 Å². The van der Waals surface area contributed by atoms with Gasteiger partial charge >= 0.3 is 0 Å². The Hall–Kier alpha value is -0.160. The highest BCUT2D eigenvalue weighted by atomic mass is 16.5. The van der Waals surface area contributed by atoms with E-state index in [1.807, 2.05) is 7.05 Å². The van der Waals surface area contributed by atoms with Crippen LogP contribution in [-0.2, 0) is 4.74 Å². The van der Waals surface area contributed by atoms with Crippen molar-refractivity contribution in [2.45, 2.75) is 64.4 Å². The van der Waals surface area contributed by atoms with Gasteiger partial charge in [-0.05, 0) is 47.1 Å². The number of likely N-dealkylation sites (N-methyl/N-ethyl adjacent to an activating group) is 1. The summed E-state index contributed by atoms with van der Waals surface area (Å²) < 4.78 is 6.30. The van der Waals surface area contributed by atoms with Crippen LogP contribution in [0.25, 0.3) is 0 Å². The smallest absolute Gasteiger partial charge is 0.0790 e. The molecular weight excluding hydrogens is 252 g/mol. The van der Waals surface area contributed by atoms with Crippen LogP contribution in [0, 0.1) is 11.8 Å². The second-order valence-corrected chi connectivity index (χ2v) is 7.77. The maximum absolute atomic E-state index is 9.88. The number of nitrogens with one attached hydrogen (secondary N) is 1. The molecule has 0 aromatic rings. The fourth-order valence-electron chi connectivity index (χ4n) is 4.24. The van der Waals surface area contributed by atoms with Crippen LogP contribution >= 0.6 is 0 Å². The van der Waals surface area contributed by atoms with E-state index in [2.05, 4.69) is 44.8 Å². The highest BCUT2D eigenvalue weighted by Crippen LogP contribution is 2.42. The van der Waals surface area contributed by atoms with Gasteiger partial charge in [0.05, 0.1) is 17.3 Å². The zero-order valence-corrected chi connectivity index (χ0v) is 13.9. The van der Waals surface area contributed by atoms with Gasteiger partial charge < -0.3 is 20.1 Å². The first-order valence-electron chi connectivity index (χ1n) is 7.95. The van der Waals surface area contributed by atoms with Crippen LogP contribution < -0.4 is 5.32 Å². The van der Waals surface area contributed by atoms with Gasteiger partial charge in [-0.3, -0.25) is 0 Å². The van der Waals surface area contributed by atoms with E-state index in [0.717, 1.165) is 26.1 Å². The average Bonchev–Trinajstić information content (AvgIpc) is 2.48. The van der Waals surface area contributed by atoms with Crippen molar-refractivity contribution in [3.05, 3.63) is 0 Å². The molecule has 2 aliphatic rings. The lowest BCUT2D eigenvalue weighted by Gasteiger charge is -2.39. The molecular formula is C16H32N2O2. The Labute approximate surface area is 123 Å². The number of rotatable bonds is 3. The van der Waals surface area contributed by atoms with Crippen molar-refractivity contribution in [2.75, 3.05) is 26.7 Å². The molecule has 2 saturated heterocycles. The van der Waals surface area contributed by atoms with Gasteiger partial charge in [-0.25, -0.2) is 0 Å². The van der Waals surface area contributed by atoms with E-state index >= 15 is 0 Å². The summed E-state index contributed by atoms with van der Waals surface area (Å²) in [5.41, 5.74) is -0.250. The molecule has 2 fully saturated rings. The second-order valence-electron chi connectivity index (χ2n) is 7.77. The van der Waals surface area contributed by atoms with Gasteiger partial charge in [0.15, 0.2) is 0 Å². The van der Waals surface area contributed by atoms with E-state index in [-0.39, 0.29) is 17.3 Å². The highest BCUT2D eigenvalue weighted by Gasteiger charge is 2.53. The van der Waals surface area contributed by atoms with Crippen molar-refractivity contribution in [1.82, 2.24) is 10.2 Å². The molecule has 0 aromatic carbocycles. The van der Waals surface area contributed by atoms with Crippen LogP contribution in [0.4, 0.5) is 0 Å². The first kappa shape index (κ1) is 16.2. The predicted octanol–water partition coefficient (Wildman–Crippen LogP) is 1.48. The summed E-state index contributed by atoms with van der Waals surface area (Å²) in [6.07, 6.45) is 0.763. The average molecular weight is 284 g/mol. The van der Waals surface area contributed by atoms with Crippen LogP contribution in [-0.4, -0.2) is 60.0 Å². The number of aliphatic hydroxyl groups is 1. The Kier molecular flexibility index (Phi) is 4.51. The Balaban J connectivity index is 2.07. The number of nitrogens with zero attached hydrogens (tertiary/aromatic N) is 1. The molecule has 4 heteroatoms. The summed E-state index contributed by atoms with van der Waals surface area (Å²) in [4.78, 5) is 2.50. The molecule has 2 aliphatic heterocycles. The number of hydrogen-bond acceptors (Lipinski definition) is 4. The maximum Gasteiger partial charge on any atom is 0.0790 e. The molecule has 4 atom stereocenters. The number of ether oxygens (including phenoxy) is 1. The molecule has 0 aliphatic carbocycles. The van der Waals surface area contributed by atoms with E-state index in [1.54, 1.807) is 0 Å². The van der Waals surface area contributed by atoms with E-state index in [0.29, 0.717) is 17.9 Å². The second kappa shape index (κ2) is 5.56. The van der Waals surface area contributed by atoms with Crippen LogP contribution in [0.2, 0.25) is 0 Å². The van der Waals surface area contributed by atoms with Gasteiger partial charge in [-0.15, -0.1) is 0 Å². The maximum atomic E-state index is 9.88. The summed E-state index contributed by atoms with van der Waals surface area (Å²) in [6, 6.07) is 0.361. The normalized spacial score (nSPS) is 41.0. The summed E-state index contributed by atoms with van der Waals surface area (Å²) in [5, 5.41) is 13.3. The Morgan fingerprint density at radius 3 is 2.45 bits per heavy atom. The molecule has 4 unspecified atom stereocenters. The molecule has 118 valence electrons. The van der Waals surface area contributed by atoms with Gasteiger partial charge in [0.25, 0.3) is 0 Å². The molecule has 2 N–H and O–H groups in total. The van der Waals surface area contributed by atoms with Gasteiger partial charge in [-0.1, -0.05) is 6.92 Å². The van der Waals surface area contributed by atoms with Crippen molar-refractivity contribution >= 4 is 0 Å². The Morgan fingerprint density at radius 1 is 1.25 bits per heavy atom. The first-order valence-corrected chi connectivity index (χ1v) is 7.95. The number of hydrogen-bond donors (Lipinski definition) is 2. The molecule has 2 rings (SSSR count). The monoisotopic (exact) mass is 284 g/mol. The summed E-state index contributed by atoms with van der Waals surface area (Å²) in [5.74, 6) is 0.833. The zero-order chi connectivity index (χ0) is 15.1. The molecule has 20 heavy (non-hydrogen) atoms. The van der Waals surface area contributed by atoms with E-state index in [9.17, 15) is 5.11 Å². The number of aliphatic hydroxyl groups excluding tert-OH is 1. The molecule has 4 nitrogen and oxygen atoms in total. The third-order valence-corrected chi connectivity index (χ3v) is 5.28. The van der Waals surface area contributed by atoms with Crippen molar-refractivity contribution < 1.29 is 9.84 Å². The minimum Gasteiger partial charge on any atom is -0.393 e. The third kappa shape index (κ3) is 3.03. The standard InChI is InChI=1S/C16H32N2O2/c1-11-9-18(8-7-13(11)19)10-12-14(17-6)16(4,5)20-15(12,2)3/h11-14,17,19H,7-10H2,1-6H3. The zero-order valence-electron chi connectivity index (χ0n) is 13.9. The molecule has 2 heterocycles. The minimum absolute atomic E-state index is 0.115. The third-order valence-electron chi connectivity index (χ3n) is 5.28. The minimum atomic E-state index is -0.135. The molecule has 0 radical (unpaired) electrons. The lowest BCUT2D eigenvalue weighted by Crippen LogP contribution is -2.52. The van der Waals surface area contributed by atoms with Crippen molar-refractivity contribution in [2.24, 2.45) is 11.8 Å². The van der Waals surface area contributed by atoms with Gasteiger partial charge in [0.1, 0.15) is 0 Å². The summed E-state index contributed by atoms with van der Waals surface area (Å²) in [7, 11) is 2.03. The predicted molar refractivity (Wildman–Crippen MR) is 81.8 cm³/mol. The van der Waals surface area contributed by atoms with Crippen molar-refractivity contribution in [3.8, 4) is 0 Å².